The van der Waals surface area contributed by atoms with E-state index in [9.17, 15) is 4.57 Å². The van der Waals surface area contributed by atoms with Gasteiger partial charge in [-0.2, -0.15) is 0 Å². The van der Waals surface area contributed by atoms with Gasteiger partial charge in [0.05, 0.1) is 22.2 Å². The maximum Gasteiger partial charge on any atom is 0.111 e. The van der Waals surface area contributed by atoms with Crippen LogP contribution >= 0.6 is 7.14 Å². The maximum absolute atomic E-state index is 13.7. The van der Waals surface area contributed by atoms with Crippen LogP contribution < -0.4 is 5.30 Å². The quantitative estimate of drug-likeness (QED) is 0.0998. The van der Waals surface area contributed by atoms with Crippen molar-refractivity contribution in [2.24, 2.45) is 0 Å². The summed E-state index contributed by atoms with van der Waals surface area (Å²) in [5.41, 5.74) is 11.1. The second-order valence-corrected chi connectivity index (χ2v) is 18.5. The molecule has 0 radical (unpaired) electrons. The molecule has 0 spiro atoms. The number of aromatic nitrogens is 2. The van der Waals surface area contributed by atoms with Gasteiger partial charge in [0.15, 0.2) is 0 Å². The van der Waals surface area contributed by atoms with Crippen molar-refractivity contribution in [1.82, 2.24) is 9.55 Å². The van der Waals surface area contributed by atoms with Crippen LogP contribution in [-0.2, 0) is 4.57 Å². The first kappa shape index (κ1) is 33.5. The predicted molar refractivity (Wildman–Crippen MR) is 244 cm³/mol. The molecule has 0 aliphatic heterocycles. The van der Waals surface area contributed by atoms with E-state index in [1.54, 1.807) is 0 Å². The second-order valence-electron chi connectivity index (χ2n) is 15.4. The van der Waals surface area contributed by atoms with E-state index in [-0.39, 0.29) is 0 Å². The average Bonchev–Trinajstić information content (AvgIpc) is 3.60. The van der Waals surface area contributed by atoms with E-state index in [2.05, 4.69) is 193 Å². The molecule has 0 aliphatic rings. The van der Waals surface area contributed by atoms with E-state index in [1.807, 2.05) is 13.3 Å². The molecule has 0 N–H and O–H groups in total. The molecule has 57 heavy (non-hydrogen) atoms. The molecule has 2 heterocycles. The summed E-state index contributed by atoms with van der Waals surface area (Å²) in [6.45, 7) is 3.76. The second kappa shape index (κ2) is 12.9. The van der Waals surface area contributed by atoms with Gasteiger partial charge in [0, 0.05) is 43.5 Å². The summed E-state index contributed by atoms with van der Waals surface area (Å²) >= 11 is 0. The SMILES string of the molecule is CP(C)(=O)c1c2ccccc2c(-c2ccc(-c3ccc4c(c3)nc(-c3ccccc3)c3ccc5c(c6ccccc6n5-c5ccccc5)c34)cc2)c2ccccc12. The third-order valence-corrected chi connectivity index (χ3v) is 13.2. The van der Waals surface area contributed by atoms with Gasteiger partial charge in [-0.3, -0.25) is 0 Å². The molecule has 270 valence electrons. The summed E-state index contributed by atoms with van der Waals surface area (Å²) in [4.78, 5) is 5.44. The fourth-order valence-corrected chi connectivity index (χ4v) is 10.8. The van der Waals surface area contributed by atoms with Crippen molar-refractivity contribution in [2.45, 2.75) is 0 Å². The number of nitrogens with zero attached hydrogens (tertiary/aromatic N) is 2. The van der Waals surface area contributed by atoms with Gasteiger partial charge in [0.1, 0.15) is 7.14 Å². The Kier molecular flexibility index (Phi) is 7.58. The van der Waals surface area contributed by atoms with Crippen LogP contribution in [0.5, 0.6) is 0 Å². The number of rotatable bonds is 5. The van der Waals surface area contributed by atoms with Crippen molar-refractivity contribution in [1.29, 1.82) is 0 Å². The molecule has 0 unspecified atom stereocenters. The zero-order valence-electron chi connectivity index (χ0n) is 31.6. The minimum atomic E-state index is -2.57. The van der Waals surface area contributed by atoms with Crippen LogP contribution in [-0.4, -0.2) is 22.9 Å². The highest BCUT2D eigenvalue weighted by Crippen LogP contribution is 2.46. The number of para-hydroxylation sites is 2. The molecule has 3 nitrogen and oxygen atoms in total. The number of hydrogen-bond donors (Lipinski definition) is 0. The highest BCUT2D eigenvalue weighted by Gasteiger charge is 2.23. The molecular formula is C53H37N2OP. The van der Waals surface area contributed by atoms with Crippen molar-refractivity contribution in [3.05, 3.63) is 188 Å². The third-order valence-electron chi connectivity index (χ3n) is 11.6. The van der Waals surface area contributed by atoms with E-state index < -0.39 is 7.14 Å². The standard InChI is InChI=1S/C53H37N2OP/c1-57(2,56)53-41-21-11-9-19-39(41)49(40-20-10-12-22-42(40)53)35-27-25-34(26-28-35)37-29-30-43-46(33-37)54-52(36-15-5-3-6-16-36)45-31-32-48-51(50(43)45)44-23-13-14-24-47(44)55(48)38-17-7-4-8-18-38/h3-33H,1-2H3. The summed E-state index contributed by atoms with van der Waals surface area (Å²) in [5, 5.41) is 11.3. The molecule has 0 atom stereocenters. The van der Waals surface area contributed by atoms with Crippen molar-refractivity contribution in [3.63, 3.8) is 0 Å². The Hall–Kier alpha value is -6.80. The molecule has 0 fully saturated rings. The lowest BCUT2D eigenvalue weighted by Crippen LogP contribution is -2.08. The predicted octanol–water partition coefficient (Wildman–Crippen LogP) is 14.0. The monoisotopic (exact) mass is 748 g/mol. The Morgan fingerprint density at radius 3 is 1.63 bits per heavy atom. The lowest BCUT2D eigenvalue weighted by Gasteiger charge is -2.19. The van der Waals surface area contributed by atoms with Crippen LogP contribution in [0.1, 0.15) is 0 Å². The van der Waals surface area contributed by atoms with Crippen molar-refractivity contribution < 1.29 is 4.57 Å². The largest absolute Gasteiger partial charge is 0.319 e. The zero-order chi connectivity index (χ0) is 38.3. The fraction of sp³-hybridized carbons (Fsp3) is 0.0377. The molecule has 0 saturated heterocycles. The molecule has 11 aromatic rings. The van der Waals surface area contributed by atoms with Gasteiger partial charge in [-0.25, -0.2) is 4.98 Å². The first-order valence-electron chi connectivity index (χ1n) is 19.4. The molecule has 2 aromatic heterocycles. The normalized spacial score (nSPS) is 12.1. The molecule has 0 aliphatic carbocycles. The van der Waals surface area contributed by atoms with Crippen molar-refractivity contribution in [3.8, 4) is 39.2 Å². The van der Waals surface area contributed by atoms with Crippen LogP contribution in [0.15, 0.2) is 188 Å². The summed E-state index contributed by atoms with van der Waals surface area (Å²) in [5.74, 6) is 0. The topological polar surface area (TPSA) is 34.9 Å². The number of benzene rings is 9. The molecule has 4 heteroatoms. The molecule has 0 saturated carbocycles. The summed E-state index contributed by atoms with van der Waals surface area (Å²) in [6, 6.07) is 67.0. The highest BCUT2D eigenvalue weighted by molar-refractivity contribution is 7.71. The zero-order valence-corrected chi connectivity index (χ0v) is 32.5. The van der Waals surface area contributed by atoms with Crippen LogP contribution in [0.2, 0.25) is 0 Å². The lowest BCUT2D eigenvalue weighted by atomic mass is 9.90. The van der Waals surface area contributed by atoms with Crippen LogP contribution in [0.25, 0.3) is 104 Å². The minimum absolute atomic E-state index is 0.960. The molecule has 11 rings (SSSR count). The first-order valence-corrected chi connectivity index (χ1v) is 22.0. The van der Waals surface area contributed by atoms with Gasteiger partial charge in [-0.1, -0.05) is 158 Å². The van der Waals surface area contributed by atoms with Gasteiger partial charge < -0.3 is 9.13 Å². The molecular weight excluding hydrogens is 712 g/mol. The minimum Gasteiger partial charge on any atom is -0.319 e. The highest BCUT2D eigenvalue weighted by atomic mass is 31.2. The molecule has 0 bridgehead atoms. The van der Waals surface area contributed by atoms with E-state index in [0.717, 1.165) is 76.8 Å². The van der Waals surface area contributed by atoms with Crippen LogP contribution in [0.3, 0.4) is 0 Å². The average molecular weight is 749 g/mol. The van der Waals surface area contributed by atoms with E-state index in [0.29, 0.717) is 0 Å². The van der Waals surface area contributed by atoms with Crippen LogP contribution in [0, 0.1) is 0 Å². The van der Waals surface area contributed by atoms with E-state index >= 15 is 0 Å². The number of hydrogen-bond acceptors (Lipinski definition) is 2. The number of fused-ring (bicyclic) bond motifs is 9. The molecule has 9 aromatic carbocycles. The smallest absolute Gasteiger partial charge is 0.111 e. The van der Waals surface area contributed by atoms with Crippen LogP contribution in [0.4, 0.5) is 0 Å². The summed E-state index contributed by atoms with van der Waals surface area (Å²) in [6.07, 6.45) is 0. The van der Waals surface area contributed by atoms with Crippen molar-refractivity contribution >= 4 is 77.5 Å². The Morgan fingerprint density at radius 2 is 0.965 bits per heavy atom. The van der Waals surface area contributed by atoms with E-state index in [4.69, 9.17) is 4.98 Å². The Labute approximate surface area is 330 Å². The Bertz CT molecular complexity index is 3380. The third kappa shape index (κ3) is 5.27. The molecule has 0 amide bonds. The van der Waals surface area contributed by atoms with Gasteiger partial charge in [-0.15, -0.1) is 0 Å². The van der Waals surface area contributed by atoms with Gasteiger partial charge in [0.25, 0.3) is 0 Å². The number of pyridine rings is 1. The van der Waals surface area contributed by atoms with E-state index in [1.165, 1.54) is 32.8 Å². The van der Waals surface area contributed by atoms with Crippen molar-refractivity contribution in [2.75, 3.05) is 13.3 Å². The van der Waals surface area contributed by atoms with Gasteiger partial charge >= 0.3 is 0 Å². The Balaban J connectivity index is 1.13. The summed E-state index contributed by atoms with van der Waals surface area (Å²) in [7, 11) is -2.57. The Morgan fingerprint density at radius 1 is 0.421 bits per heavy atom. The fourth-order valence-electron chi connectivity index (χ4n) is 9.23. The lowest BCUT2D eigenvalue weighted by molar-refractivity contribution is 0.588. The van der Waals surface area contributed by atoms with Gasteiger partial charge in [0.2, 0.25) is 0 Å². The summed E-state index contributed by atoms with van der Waals surface area (Å²) < 4.78 is 16.1. The maximum atomic E-state index is 13.7. The van der Waals surface area contributed by atoms with Gasteiger partial charge in [-0.05, 0) is 87.5 Å². The first-order chi connectivity index (χ1) is 27.9.